The fraction of sp³-hybridized carbons (Fsp3) is 0. The third kappa shape index (κ3) is 4.50. The normalized spacial score (nSPS) is 12.0. The van der Waals surface area contributed by atoms with Crippen LogP contribution in [0.5, 0.6) is 0 Å². The highest BCUT2D eigenvalue weighted by molar-refractivity contribution is 6.15. The molecule has 0 saturated carbocycles. The molecule has 0 aliphatic carbocycles. The predicted octanol–water partition coefficient (Wildman–Crippen LogP) is 14.3. The summed E-state index contributed by atoms with van der Waals surface area (Å²) in [6.45, 7) is 0. The molecule has 3 heteroatoms. The first-order chi connectivity index (χ1) is 27.3. The van der Waals surface area contributed by atoms with Crippen molar-refractivity contribution in [2.45, 2.75) is 0 Å². The molecule has 0 radical (unpaired) electrons. The summed E-state index contributed by atoms with van der Waals surface area (Å²) in [4.78, 5) is 0. The first-order valence-electron chi connectivity index (χ1n) is 18.8. The quantitative estimate of drug-likeness (QED) is 0.179. The van der Waals surface area contributed by atoms with Gasteiger partial charge in [-0.25, -0.2) is 0 Å². The summed E-state index contributed by atoms with van der Waals surface area (Å²) in [5.74, 6) is 0. The summed E-state index contributed by atoms with van der Waals surface area (Å²) >= 11 is 0. The predicted molar refractivity (Wildman–Crippen MR) is 231 cm³/mol. The second-order valence-electron chi connectivity index (χ2n) is 14.5. The van der Waals surface area contributed by atoms with Gasteiger partial charge in [0.2, 0.25) is 0 Å². The van der Waals surface area contributed by atoms with Crippen molar-refractivity contribution >= 4 is 76.3 Å². The third-order valence-electron chi connectivity index (χ3n) is 11.5. The number of para-hydroxylation sites is 4. The Morgan fingerprint density at radius 1 is 0.309 bits per heavy atom. The molecule has 0 bridgehead atoms. The summed E-state index contributed by atoms with van der Waals surface area (Å²) in [6, 6.07) is 70.3. The monoisotopic (exact) mass is 700 g/mol. The van der Waals surface area contributed by atoms with Gasteiger partial charge in [0.1, 0.15) is 5.58 Å². The Balaban J connectivity index is 1.10. The van der Waals surface area contributed by atoms with E-state index in [0.29, 0.717) is 0 Å². The molecule has 0 aliphatic rings. The Labute approximate surface area is 316 Å². The number of rotatable bonds is 4. The molecule has 0 aliphatic heterocycles. The first-order valence-corrected chi connectivity index (χ1v) is 18.8. The lowest BCUT2D eigenvalue weighted by Gasteiger charge is -2.13. The zero-order valence-electron chi connectivity index (χ0n) is 29.8. The molecule has 0 fully saturated rings. The molecule has 0 spiro atoms. The van der Waals surface area contributed by atoms with Gasteiger partial charge in [-0.05, 0) is 99.8 Å². The Morgan fingerprint density at radius 3 is 1.75 bits per heavy atom. The van der Waals surface area contributed by atoms with Crippen LogP contribution in [-0.4, -0.2) is 9.13 Å². The molecule has 9 aromatic carbocycles. The van der Waals surface area contributed by atoms with Crippen LogP contribution in [-0.2, 0) is 0 Å². The Kier molecular flexibility index (Phi) is 6.34. The van der Waals surface area contributed by atoms with E-state index >= 15 is 0 Å². The van der Waals surface area contributed by atoms with E-state index in [1.807, 2.05) is 6.07 Å². The molecular formula is C52H32N2O. The number of hydrogen-bond acceptors (Lipinski definition) is 1. The highest BCUT2D eigenvalue weighted by Crippen LogP contribution is 2.42. The van der Waals surface area contributed by atoms with Gasteiger partial charge in [0.15, 0.2) is 5.58 Å². The molecule has 0 amide bonds. The van der Waals surface area contributed by atoms with Crippen molar-refractivity contribution in [1.82, 2.24) is 9.13 Å². The maximum Gasteiger partial charge on any atom is 0.159 e. The maximum absolute atomic E-state index is 6.75. The smallest absolute Gasteiger partial charge is 0.159 e. The van der Waals surface area contributed by atoms with Crippen LogP contribution in [0.2, 0.25) is 0 Å². The van der Waals surface area contributed by atoms with Gasteiger partial charge in [-0.15, -0.1) is 0 Å². The van der Waals surface area contributed by atoms with Crippen molar-refractivity contribution in [2.75, 3.05) is 0 Å². The highest BCUT2D eigenvalue weighted by Gasteiger charge is 2.21. The summed E-state index contributed by atoms with van der Waals surface area (Å²) < 4.78 is 11.5. The minimum absolute atomic E-state index is 0.886. The van der Waals surface area contributed by atoms with Crippen LogP contribution in [0.25, 0.3) is 110 Å². The second-order valence-corrected chi connectivity index (χ2v) is 14.5. The molecule has 3 nitrogen and oxygen atoms in total. The maximum atomic E-state index is 6.75. The van der Waals surface area contributed by atoms with Crippen molar-refractivity contribution < 1.29 is 4.42 Å². The van der Waals surface area contributed by atoms with Crippen molar-refractivity contribution in [3.05, 3.63) is 194 Å². The van der Waals surface area contributed by atoms with Gasteiger partial charge in [-0.1, -0.05) is 127 Å². The number of hydrogen-bond donors (Lipinski definition) is 0. The summed E-state index contributed by atoms with van der Waals surface area (Å²) in [6.07, 6.45) is 0. The van der Waals surface area contributed by atoms with Crippen LogP contribution >= 0.6 is 0 Å². The van der Waals surface area contributed by atoms with E-state index in [4.69, 9.17) is 4.42 Å². The molecule has 0 unspecified atom stereocenters. The average Bonchev–Trinajstić information content (AvgIpc) is 3.91. The number of benzene rings is 9. The molecule has 55 heavy (non-hydrogen) atoms. The summed E-state index contributed by atoms with van der Waals surface area (Å²) in [5.41, 5.74) is 13.4. The molecule has 12 rings (SSSR count). The zero-order chi connectivity index (χ0) is 36.0. The van der Waals surface area contributed by atoms with Gasteiger partial charge in [0.05, 0.1) is 27.8 Å². The molecule has 3 aromatic heterocycles. The van der Waals surface area contributed by atoms with Crippen LogP contribution < -0.4 is 0 Å². The van der Waals surface area contributed by atoms with Gasteiger partial charge in [-0.2, -0.15) is 0 Å². The number of fused-ring (bicyclic) bond motifs is 10. The van der Waals surface area contributed by atoms with Crippen LogP contribution in [0.1, 0.15) is 0 Å². The Bertz CT molecular complexity index is 3490. The zero-order valence-corrected chi connectivity index (χ0v) is 29.8. The minimum atomic E-state index is 0.886. The standard InChI is InChI=1S/C52H32N2O/c1-2-14-39(15-3-1)53-46-19-9-6-16-40(46)42-26-24-37(31-49(42)53)36-25-27-48-44(29-36)41-17-7-10-20-47(41)54(48)50-32-38(35-23-22-33-12-4-5-13-34(33)28-35)30-45-43-18-8-11-21-51(43)55-52(45)50/h1-32H. The van der Waals surface area contributed by atoms with E-state index in [2.05, 4.69) is 197 Å². The van der Waals surface area contributed by atoms with E-state index in [1.165, 1.54) is 60.0 Å². The first kappa shape index (κ1) is 30.1. The summed E-state index contributed by atoms with van der Waals surface area (Å²) in [7, 11) is 0. The molecule has 3 heterocycles. The Hall–Kier alpha value is -7.36. The van der Waals surface area contributed by atoms with Crippen LogP contribution in [0.3, 0.4) is 0 Å². The average molecular weight is 701 g/mol. The molecule has 256 valence electrons. The van der Waals surface area contributed by atoms with E-state index < -0.39 is 0 Å². The molecule has 0 saturated heterocycles. The molecule has 12 aromatic rings. The number of aromatic nitrogens is 2. The lowest BCUT2D eigenvalue weighted by atomic mass is 9.98. The van der Waals surface area contributed by atoms with E-state index in [0.717, 1.165) is 49.9 Å². The van der Waals surface area contributed by atoms with Crippen molar-refractivity contribution in [3.8, 4) is 33.6 Å². The van der Waals surface area contributed by atoms with Gasteiger partial charge < -0.3 is 13.6 Å². The minimum Gasteiger partial charge on any atom is -0.454 e. The van der Waals surface area contributed by atoms with Gasteiger partial charge in [0, 0.05) is 38.0 Å². The van der Waals surface area contributed by atoms with E-state index in [1.54, 1.807) is 0 Å². The van der Waals surface area contributed by atoms with E-state index in [9.17, 15) is 0 Å². The van der Waals surface area contributed by atoms with Gasteiger partial charge >= 0.3 is 0 Å². The lowest BCUT2D eigenvalue weighted by molar-refractivity contribution is 0.666. The second kappa shape index (κ2) is 11.6. The fourth-order valence-corrected chi connectivity index (χ4v) is 8.93. The number of furan rings is 1. The third-order valence-corrected chi connectivity index (χ3v) is 11.5. The lowest BCUT2D eigenvalue weighted by Crippen LogP contribution is -1.96. The molecule has 0 N–H and O–H groups in total. The van der Waals surface area contributed by atoms with Crippen LogP contribution in [0, 0.1) is 0 Å². The summed E-state index contributed by atoms with van der Waals surface area (Å²) in [5, 5.41) is 9.62. The van der Waals surface area contributed by atoms with Gasteiger partial charge in [-0.3, -0.25) is 0 Å². The van der Waals surface area contributed by atoms with Crippen molar-refractivity contribution in [3.63, 3.8) is 0 Å². The van der Waals surface area contributed by atoms with Crippen molar-refractivity contribution in [2.24, 2.45) is 0 Å². The topological polar surface area (TPSA) is 23.0 Å². The van der Waals surface area contributed by atoms with Crippen molar-refractivity contribution in [1.29, 1.82) is 0 Å². The fourth-order valence-electron chi connectivity index (χ4n) is 8.93. The number of nitrogens with zero attached hydrogens (tertiary/aromatic N) is 2. The SMILES string of the molecule is c1ccc(-n2c3ccccc3c3ccc(-c4ccc5c(c4)c4ccccc4n5-c4cc(-c5ccc6ccccc6c5)cc5c4oc4ccccc45)cc32)cc1. The van der Waals surface area contributed by atoms with E-state index in [-0.39, 0.29) is 0 Å². The Morgan fingerprint density at radius 2 is 0.891 bits per heavy atom. The molecular weight excluding hydrogens is 669 g/mol. The van der Waals surface area contributed by atoms with Crippen LogP contribution in [0.15, 0.2) is 199 Å². The highest BCUT2D eigenvalue weighted by atomic mass is 16.3. The van der Waals surface area contributed by atoms with Gasteiger partial charge in [0.25, 0.3) is 0 Å². The molecule has 0 atom stereocenters. The van der Waals surface area contributed by atoms with Crippen LogP contribution in [0.4, 0.5) is 0 Å². The largest absolute Gasteiger partial charge is 0.454 e.